The number of para-hydroxylation sites is 1. The van der Waals surface area contributed by atoms with Crippen LogP contribution in [0.3, 0.4) is 0 Å². The predicted molar refractivity (Wildman–Crippen MR) is 60.1 cm³/mol. The first-order chi connectivity index (χ1) is 7.84. The summed E-state index contributed by atoms with van der Waals surface area (Å²) in [6.45, 7) is 1.54. The zero-order chi connectivity index (χ0) is 12.8. The van der Waals surface area contributed by atoms with Crippen molar-refractivity contribution in [2.24, 2.45) is 7.05 Å². The maximum Gasteiger partial charge on any atom is 0.475 e. The van der Waals surface area contributed by atoms with Crippen LogP contribution in [0.15, 0.2) is 29.2 Å². The molecule has 1 aromatic carbocycles. The van der Waals surface area contributed by atoms with Gasteiger partial charge in [0.05, 0.1) is 4.90 Å². The Bertz CT molecular complexity index is 601. The van der Waals surface area contributed by atoms with Crippen LogP contribution in [0, 0.1) is 6.92 Å². The van der Waals surface area contributed by atoms with Crippen LogP contribution in [-0.2, 0) is 17.8 Å². The van der Waals surface area contributed by atoms with Crippen molar-refractivity contribution in [3.63, 3.8) is 0 Å². The Morgan fingerprint density at radius 2 is 1.82 bits per heavy atom. The average molecular weight is 261 g/mol. The quantitative estimate of drug-likeness (QED) is 0.773. The number of alkyl halides is 3. The molecule has 2 nitrogen and oxygen atoms in total. The minimum absolute atomic E-state index is 0.143. The standard InChI is InChI=1S/C11H10F3NOS/c1-7-10(17(16)11(12,13)14)8-5-3-4-6-9(8)15(7)2/h3-6H,1-2H3. The molecule has 17 heavy (non-hydrogen) atoms. The molecule has 0 saturated heterocycles. The van der Waals surface area contributed by atoms with Crippen LogP contribution in [0.1, 0.15) is 5.69 Å². The SMILES string of the molecule is Cc1c(S(=O)C(F)(F)F)c2ccccc2n1C. The largest absolute Gasteiger partial charge is 0.475 e. The Morgan fingerprint density at radius 3 is 2.41 bits per heavy atom. The maximum absolute atomic E-state index is 12.5. The Hall–Kier alpha value is -1.30. The maximum atomic E-state index is 12.5. The molecular formula is C11H10F3NOS. The molecule has 2 aromatic rings. The molecular weight excluding hydrogens is 251 g/mol. The summed E-state index contributed by atoms with van der Waals surface area (Å²) in [5.74, 6) is 0. The van der Waals surface area contributed by atoms with Crippen LogP contribution in [0.5, 0.6) is 0 Å². The molecule has 0 N–H and O–H groups in total. The number of aromatic nitrogens is 1. The molecule has 92 valence electrons. The van der Waals surface area contributed by atoms with Gasteiger partial charge in [0.2, 0.25) is 0 Å². The van der Waals surface area contributed by atoms with Gasteiger partial charge in [-0.3, -0.25) is 0 Å². The molecule has 0 aliphatic rings. The summed E-state index contributed by atoms with van der Waals surface area (Å²) in [6.07, 6.45) is 0. The Morgan fingerprint density at radius 1 is 1.24 bits per heavy atom. The zero-order valence-electron chi connectivity index (χ0n) is 9.21. The summed E-state index contributed by atoms with van der Waals surface area (Å²) in [7, 11) is -1.33. The van der Waals surface area contributed by atoms with E-state index in [-0.39, 0.29) is 4.90 Å². The molecule has 0 spiro atoms. The summed E-state index contributed by atoms with van der Waals surface area (Å²) < 4.78 is 50.7. The highest BCUT2D eigenvalue weighted by Gasteiger charge is 2.40. The fourth-order valence-corrected chi connectivity index (χ4v) is 2.84. The monoisotopic (exact) mass is 261 g/mol. The van der Waals surface area contributed by atoms with Gasteiger partial charge in [0.15, 0.2) is 10.8 Å². The Balaban J connectivity index is 2.78. The lowest BCUT2D eigenvalue weighted by Gasteiger charge is -2.06. The van der Waals surface area contributed by atoms with Gasteiger partial charge in [0.25, 0.3) is 0 Å². The van der Waals surface area contributed by atoms with Gasteiger partial charge in [-0.05, 0) is 13.0 Å². The van der Waals surface area contributed by atoms with E-state index in [1.807, 2.05) is 0 Å². The first kappa shape index (κ1) is 12.2. The fraction of sp³-hybridized carbons (Fsp3) is 0.273. The first-order valence-corrected chi connectivity index (χ1v) is 6.01. The first-order valence-electron chi connectivity index (χ1n) is 4.86. The van der Waals surface area contributed by atoms with Crippen LogP contribution >= 0.6 is 0 Å². The number of rotatable bonds is 1. The third kappa shape index (κ3) is 1.86. The van der Waals surface area contributed by atoms with E-state index in [0.717, 1.165) is 0 Å². The Labute approximate surface area is 98.5 Å². The van der Waals surface area contributed by atoms with E-state index in [2.05, 4.69) is 0 Å². The van der Waals surface area contributed by atoms with E-state index in [1.165, 1.54) is 0 Å². The van der Waals surface area contributed by atoms with Crippen LogP contribution < -0.4 is 0 Å². The smallest absolute Gasteiger partial charge is 0.347 e. The zero-order valence-corrected chi connectivity index (χ0v) is 10.0. The number of aryl methyl sites for hydroxylation is 1. The molecule has 0 amide bonds. The van der Waals surface area contributed by atoms with Gasteiger partial charge in [0, 0.05) is 23.6 Å². The number of benzene rings is 1. The van der Waals surface area contributed by atoms with Crippen molar-refractivity contribution >= 4 is 21.7 Å². The summed E-state index contributed by atoms with van der Waals surface area (Å²) >= 11 is 0. The molecule has 2 rings (SSSR count). The molecule has 0 aliphatic heterocycles. The van der Waals surface area contributed by atoms with E-state index in [9.17, 15) is 17.4 Å². The third-order valence-corrected chi connectivity index (χ3v) is 4.04. The van der Waals surface area contributed by atoms with E-state index in [0.29, 0.717) is 16.6 Å². The second kappa shape index (κ2) is 3.87. The van der Waals surface area contributed by atoms with Crippen molar-refractivity contribution in [3.05, 3.63) is 30.0 Å². The van der Waals surface area contributed by atoms with Gasteiger partial charge in [-0.1, -0.05) is 18.2 Å². The summed E-state index contributed by atoms with van der Waals surface area (Å²) in [5, 5.41) is 0.392. The lowest BCUT2D eigenvalue weighted by Crippen LogP contribution is -2.17. The minimum atomic E-state index is -4.73. The number of halogens is 3. The van der Waals surface area contributed by atoms with Crippen molar-refractivity contribution in [2.75, 3.05) is 0 Å². The van der Waals surface area contributed by atoms with Crippen LogP contribution in [-0.4, -0.2) is 14.3 Å². The molecule has 0 radical (unpaired) electrons. The molecule has 6 heteroatoms. The lowest BCUT2D eigenvalue weighted by atomic mass is 10.2. The Kier molecular flexibility index (Phi) is 2.77. The molecule has 1 heterocycles. The average Bonchev–Trinajstić information content (AvgIpc) is 2.51. The van der Waals surface area contributed by atoms with Gasteiger partial charge in [-0.2, -0.15) is 13.2 Å². The van der Waals surface area contributed by atoms with Gasteiger partial charge >= 0.3 is 5.51 Å². The van der Waals surface area contributed by atoms with Gasteiger partial charge in [0.1, 0.15) is 0 Å². The van der Waals surface area contributed by atoms with Crippen molar-refractivity contribution < 1.29 is 17.4 Å². The third-order valence-electron chi connectivity index (χ3n) is 2.74. The predicted octanol–water partition coefficient (Wildman–Crippen LogP) is 3.11. The number of hydrogen-bond donors (Lipinski definition) is 0. The van der Waals surface area contributed by atoms with E-state index in [1.54, 1.807) is 42.8 Å². The number of fused-ring (bicyclic) bond motifs is 1. The molecule has 0 fully saturated rings. The molecule has 0 bridgehead atoms. The summed E-state index contributed by atoms with van der Waals surface area (Å²) in [6, 6.07) is 6.64. The lowest BCUT2D eigenvalue weighted by molar-refractivity contribution is -0.0384. The highest BCUT2D eigenvalue weighted by atomic mass is 32.2. The van der Waals surface area contributed by atoms with Crippen LogP contribution in [0.25, 0.3) is 10.9 Å². The van der Waals surface area contributed by atoms with Crippen molar-refractivity contribution in [1.82, 2.24) is 4.57 Å². The summed E-state index contributed by atoms with van der Waals surface area (Å²) in [4.78, 5) is -0.143. The second-order valence-electron chi connectivity index (χ2n) is 3.71. The highest BCUT2D eigenvalue weighted by molar-refractivity contribution is 7.86. The van der Waals surface area contributed by atoms with Gasteiger partial charge in [-0.15, -0.1) is 0 Å². The van der Waals surface area contributed by atoms with Gasteiger partial charge < -0.3 is 4.57 Å². The molecule has 0 aliphatic carbocycles. The van der Waals surface area contributed by atoms with Crippen molar-refractivity contribution in [2.45, 2.75) is 17.3 Å². The fourth-order valence-electron chi connectivity index (χ4n) is 1.84. The normalized spacial score (nSPS) is 14.2. The van der Waals surface area contributed by atoms with Crippen molar-refractivity contribution in [3.8, 4) is 0 Å². The van der Waals surface area contributed by atoms with Crippen LogP contribution in [0.2, 0.25) is 0 Å². The van der Waals surface area contributed by atoms with E-state index < -0.39 is 16.3 Å². The molecule has 1 unspecified atom stereocenters. The van der Waals surface area contributed by atoms with E-state index >= 15 is 0 Å². The number of hydrogen-bond acceptors (Lipinski definition) is 1. The molecule has 0 saturated carbocycles. The van der Waals surface area contributed by atoms with E-state index in [4.69, 9.17) is 0 Å². The van der Waals surface area contributed by atoms with Crippen LogP contribution in [0.4, 0.5) is 13.2 Å². The topological polar surface area (TPSA) is 22.0 Å². The molecule has 1 atom stereocenters. The number of nitrogens with zero attached hydrogens (tertiary/aromatic N) is 1. The molecule has 1 aromatic heterocycles. The summed E-state index contributed by atoms with van der Waals surface area (Å²) in [5.41, 5.74) is -3.70. The highest BCUT2D eigenvalue weighted by Crippen LogP contribution is 2.34. The van der Waals surface area contributed by atoms with Gasteiger partial charge in [-0.25, -0.2) is 4.21 Å². The minimum Gasteiger partial charge on any atom is -0.347 e. The second-order valence-corrected chi connectivity index (χ2v) is 5.11. The van der Waals surface area contributed by atoms with Crippen molar-refractivity contribution in [1.29, 1.82) is 0 Å².